The Labute approximate surface area is 105 Å². The smallest absolute Gasteiger partial charge is 0.0766 e. The van der Waals surface area contributed by atoms with Crippen molar-refractivity contribution in [2.75, 3.05) is 18.0 Å². The Hall–Kier alpha value is -0.540. The Balaban J connectivity index is 2.10. The van der Waals surface area contributed by atoms with Crippen molar-refractivity contribution in [1.82, 2.24) is 0 Å². The first kappa shape index (κ1) is 11.9. The fraction of sp³-hybridized carbons (Fsp3) is 0.538. The second-order valence-corrected chi connectivity index (χ2v) is 6.09. The van der Waals surface area contributed by atoms with Gasteiger partial charge < -0.3 is 10.0 Å². The minimum atomic E-state index is -0.245. The third-order valence-corrected chi connectivity index (χ3v) is 4.04. The van der Waals surface area contributed by atoms with Crippen LogP contribution in [0.4, 0.5) is 5.69 Å². The first-order chi connectivity index (χ1) is 7.49. The molecule has 1 aliphatic rings. The molecule has 0 bridgehead atoms. The summed E-state index contributed by atoms with van der Waals surface area (Å²) in [5.41, 5.74) is 1.24. The highest BCUT2D eigenvalue weighted by atomic mass is 79.9. The van der Waals surface area contributed by atoms with Gasteiger partial charge in [0.1, 0.15) is 0 Å². The summed E-state index contributed by atoms with van der Waals surface area (Å²) >= 11 is 3.43. The summed E-state index contributed by atoms with van der Waals surface area (Å²) in [6.07, 6.45) is 0.787. The summed E-state index contributed by atoms with van der Waals surface area (Å²) in [4.78, 5) is 2.25. The molecular weight excluding hydrogens is 266 g/mol. The van der Waals surface area contributed by atoms with Gasteiger partial charge in [-0.1, -0.05) is 29.8 Å². The van der Waals surface area contributed by atoms with Gasteiger partial charge in [0.05, 0.1) is 6.10 Å². The fourth-order valence-corrected chi connectivity index (χ4v) is 2.29. The molecule has 1 aromatic carbocycles. The predicted octanol–water partition coefficient (Wildman–Crippen LogP) is 3.05. The number of hydrogen-bond donors (Lipinski definition) is 1. The second-order valence-electron chi connectivity index (χ2n) is 5.18. The molecule has 16 heavy (non-hydrogen) atoms. The summed E-state index contributed by atoms with van der Waals surface area (Å²) in [6, 6.07) is 8.27. The number of rotatable bonds is 1. The third kappa shape index (κ3) is 2.41. The number of anilines is 1. The normalized spacial score (nSPS) is 24.5. The topological polar surface area (TPSA) is 23.5 Å². The van der Waals surface area contributed by atoms with Crippen molar-refractivity contribution in [3.05, 3.63) is 28.7 Å². The van der Waals surface area contributed by atoms with Crippen LogP contribution in [-0.2, 0) is 0 Å². The molecule has 1 atom stereocenters. The maximum absolute atomic E-state index is 10.1. The van der Waals surface area contributed by atoms with E-state index in [1.807, 2.05) is 12.1 Å². The maximum Gasteiger partial charge on any atom is 0.0766 e. The molecule has 2 nitrogen and oxygen atoms in total. The van der Waals surface area contributed by atoms with E-state index in [1.165, 1.54) is 5.69 Å². The van der Waals surface area contributed by atoms with Crippen LogP contribution in [0.3, 0.4) is 0 Å². The summed E-state index contributed by atoms with van der Waals surface area (Å²) in [6.45, 7) is 6.02. The van der Waals surface area contributed by atoms with E-state index < -0.39 is 0 Å². The van der Waals surface area contributed by atoms with Crippen LogP contribution in [0.5, 0.6) is 0 Å². The zero-order valence-corrected chi connectivity index (χ0v) is 11.4. The molecule has 0 amide bonds. The molecule has 1 unspecified atom stereocenters. The van der Waals surface area contributed by atoms with Gasteiger partial charge in [0.25, 0.3) is 0 Å². The van der Waals surface area contributed by atoms with Crippen LogP contribution in [0.2, 0.25) is 0 Å². The molecule has 0 aromatic heterocycles. The Bertz CT molecular complexity index is 361. The standard InChI is InChI=1S/C13H18BrNO/c1-13(2)7-8-15(9-12(13)16)11-5-3-10(14)4-6-11/h3-6,12,16H,7-9H2,1-2H3. The first-order valence-electron chi connectivity index (χ1n) is 5.68. The molecule has 0 radical (unpaired) electrons. The molecule has 88 valence electrons. The SMILES string of the molecule is CC1(C)CCN(c2ccc(Br)cc2)CC1O. The molecular formula is C13H18BrNO. The van der Waals surface area contributed by atoms with Gasteiger partial charge in [0.15, 0.2) is 0 Å². The Morgan fingerprint density at radius 3 is 2.50 bits per heavy atom. The van der Waals surface area contributed by atoms with Gasteiger partial charge in [0, 0.05) is 23.2 Å². The van der Waals surface area contributed by atoms with Gasteiger partial charge in [-0.15, -0.1) is 0 Å². The lowest BCUT2D eigenvalue weighted by Gasteiger charge is -2.42. The van der Waals surface area contributed by atoms with Crippen LogP contribution in [0, 0.1) is 5.41 Å². The minimum Gasteiger partial charge on any atom is -0.391 e. The van der Waals surface area contributed by atoms with Gasteiger partial charge in [-0.2, -0.15) is 0 Å². The molecule has 1 aliphatic heterocycles. The maximum atomic E-state index is 10.1. The predicted molar refractivity (Wildman–Crippen MR) is 70.8 cm³/mol. The van der Waals surface area contributed by atoms with E-state index in [-0.39, 0.29) is 11.5 Å². The van der Waals surface area contributed by atoms with E-state index >= 15 is 0 Å². The van der Waals surface area contributed by atoms with Crippen LogP contribution in [-0.4, -0.2) is 24.3 Å². The van der Waals surface area contributed by atoms with Gasteiger partial charge in [-0.25, -0.2) is 0 Å². The number of halogens is 1. The molecule has 1 aromatic rings. The molecule has 1 saturated heterocycles. The van der Waals surface area contributed by atoms with Crippen molar-refractivity contribution in [3.63, 3.8) is 0 Å². The third-order valence-electron chi connectivity index (χ3n) is 3.51. The van der Waals surface area contributed by atoms with Crippen LogP contribution in [0.1, 0.15) is 20.3 Å². The van der Waals surface area contributed by atoms with E-state index in [0.29, 0.717) is 0 Å². The van der Waals surface area contributed by atoms with E-state index in [2.05, 4.69) is 46.8 Å². The van der Waals surface area contributed by atoms with E-state index in [9.17, 15) is 5.11 Å². The average Bonchev–Trinajstić information content (AvgIpc) is 2.24. The van der Waals surface area contributed by atoms with Gasteiger partial charge >= 0.3 is 0 Å². The summed E-state index contributed by atoms with van der Waals surface area (Å²) in [7, 11) is 0. The molecule has 1 heterocycles. The number of benzene rings is 1. The molecule has 0 spiro atoms. The van der Waals surface area contributed by atoms with E-state index in [4.69, 9.17) is 0 Å². The summed E-state index contributed by atoms with van der Waals surface area (Å²) < 4.78 is 1.09. The van der Waals surface area contributed by atoms with E-state index in [1.54, 1.807) is 0 Å². The zero-order chi connectivity index (χ0) is 11.8. The van der Waals surface area contributed by atoms with Crippen molar-refractivity contribution in [1.29, 1.82) is 0 Å². The van der Waals surface area contributed by atoms with Gasteiger partial charge in [-0.05, 0) is 36.1 Å². The summed E-state index contributed by atoms with van der Waals surface area (Å²) in [5, 5.41) is 10.1. The minimum absolute atomic E-state index is 0.0475. The highest BCUT2D eigenvalue weighted by Gasteiger charge is 2.34. The lowest BCUT2D eigenvalue weighted by atomic mass is 9.80. The molecule has 3 heteroatoms. The highest BCUT2D eigenvalue weighted by molar-refractivity contribution is 9.10. The van der Waals surface area contributed by atoms with Gasteiger partial charge in [-0.3, -0.25) is 0 Å². The van der Waals surface area contributed by atoms with Crippen molar-refractivity contribution in [2.45, 2.75) is 26.4 Å². The van der Waals surface area contributed by atoms with Gasteiger partial charge in [0.2, 0.25) is 0 Å². The average molecular weight is 284 g/mol. The molecule has 0 aliphatic carbocycles. The van der Waals surface area contributed by atoms with Crippen molar-refractivity contribution in [3.8, 4) is 0 Å². The number of β-amino-alcohol motifs (C(OH)–C–C–N with tert-alkyl or cyclic N) is 1. The molecule has 0 saturated carbocycles. The second kappa shape index (κ2) is 4.38. The number of hydrogen-bond acceptors (Lipinski definition) is 2. The highest BCUT2D eigenvalue weighted by Crippen LogP contribution is 2.32. The number of aliphatic hydroxyl groups excluding tert-OH is 1. The van der Waals surface area contributed by atoms with Crippen molar-refractivity contribution < 1.29 is 5.11 Å². The summed E-state index contributed by atoms with van der Waals surface area (Å²) in [5.74, 6) is 0. The lowest BCUT2D eigenvalue weighted by molar-refractivity contribution is 0.0351. The number of piperidine rings is 1. The monoisotopic (exact) mass is 283 g/mol. The lowest BCUT2D eigenvalue weighted by Crippen LogP contribution is -2.48. The molecule has 1 fully saturated rings. The van der Waals surface area contributed by atoms with Crippen LogP contribution in [0.15, 0.2) is 28.7 Å². The van der Waals surface area contributed by atoms with Crippen LogP contribution in [0.25, 0.3) is 0 Å². The largest absolute Gasteiger partial charge is 0.391 e. The first-order valence-corrected chi connectivity index (χ1v) is 6.47. The van der Waals surface area contributed by atoms with E-state index in [0.717, 1.165) is 24.0 Å². The fourth-order valence-electron chi connectivity index (χ4n) is 2.02. The number of nitrogens with zero attached hydrogens (tertiary/aromatic N) is 1. The quantitative estimate of drug-likeness (QED) is 0.856. The zero-order valence-electron chi connectivity index (χ0n) is 9.78. The van der Waals surface area contributed by atoms with Crippen LogP contribution < -0.4 is 4.90 Å². The van der Waals surface area contributed by atoms with Crippen molar-refractivity contribution in [2.24, 2.45) is 5.41 Å². The Kier molecular flexibility index (Phi) is 3.27. The Morgan fingerprint density at radius 1 is 1.31 bits per heavy atom. The molecule has 2 rings (SSSR count). The Morgan fingerprint density at radius 2 is 1.94 bits per heavy atom. The van der Waals surface area contributed by atoms with Crippen molar-refractivity contribution >= 4 is 21.6 Å². The number of aliphatic hydroxyl groups is 1. The molecule has 1 N–H and O–H groups in total. The van der Waals surface area contributed by atoms with Crippen LogP contribution >= 0.6 is 15.9 Å².